The average Bonchev–Trinajstić information content (AvgIpc) is 2.52. The van der Waals surface area contributed by atoms with Crippen molar-refractivity contribution in [1.29, 1.82) is 0 Å². The normalized spacial score (nSPS) is 19.5. The minimum absolute atomic E-state index is 0.0140. The van der Waals surface area contributed by atoms with Crippen LogP contribution < -0.4 is 0 Å². The van der Waals surface area contributed by atoms with Crippen LogP contribution >= 0.6 is 0 Å². The fourth-order valence-electron chi connectivity index (χ4n) is 2.54. The Morgan fingerprint density at radius 3 is 2.95 bits per heavy atom. The molecule has 1 atom stereocenters. The van der Waals surface area contributed by atoms with Crippen molar-refractivity contribution in [1.82, 2.24) is 9.80 Å². The van der Waals surface area contributed by atoms with Crippen LogP contribution in [-0.4, -0.2) is 54.6 Å². The molecule has 2 rings (SSSR count). The molecule has 5 heteroatoms. The number of likely N-dealkylation sites (N-methyl/N-ethyl adjacent to an activating group) is 2. The van der Waals surface area contributed by atoms with E-state index in [1.54, 1.807) is 11.0 Å². The highest BCUT2D eigenvalue weighted by Gasteiger charge is 2.29. The molecule has 4 nitrogen and oxygen atoms in total. The topological polar surface area (TPSA) is 32.8 Å². The van der Waals surface area contributed by atoms with Gasteiger partial charge in [-0.2, -0.15) is 0 Å². The van der Waals surface area contributed by atoms with Crippen LogP contribution in [0.2, 0.25) is 0 Å². The number of hydrogen-bond acceptors (Lipinski definition) is 3. The molecule has 1 unspecified atom stereocenters. The van der Waals surface area contributed by atoms with E-state index >= 15 is 0 Å². The summed E-state index contributed by atoms with van der Waals surface area (Å²) in [5, 5.41) is 0. The van der Waals surface area contributed by atoms with Crippen molar-refractivity contribution in [3.05, 3.63) is 35.6 Å². The zero-order valence-corrected chi connectivity index (χ0v) is 12.7. The van der Waals surface area contributed by atoms with Crippen LogP contribution in [-0.2, 0) is 16.1 Å². The molecule has 0 aromatic heterocycles. The van der Waals surface area contributed by atoms with Gasteiger partial charge in [0.25, 0.3) is 5.91 Å². The molecule has 21 heavy (non-hydrogen) atoms. The third-order valence-corrected chi connectivity index (χ3v) is 3.83. The zero-order valence-electron chi connectivity index (χ0n) is 12.7. The van der Waals surface area contributed by atoms with Crippen molar-refractivity contribution in [2.75, 3.05) is 32.8 Å². The largest absolute Gasteiger partial charge is 0.366 e. The van der Waals surface area contributed by atoms with Gasteiger partial charge in [-0.05, 0) is 31.2 Å². The molecule has 0 N–H and O–H groups in total. The summed E-state index contributed by atoms with van der Waals surface area (Å²) in [6.07, 6.45) is -0.410. The smallest absolute Gasteiger partial charge is 0.253 e. The first-order valence-corrected chi connectivity index (χ1v) is 7.51. The van der Waals surface area contributed by atoms with Crippen molar-refractivity contribution in [3.63, 3.8) is 0 Å². The Kier molecular flexibility index (Phi) is 5.70. The summed E-state index contributed by atoms with van der Waals surface area (Å²) in [6, 6.07) is 6.37. The zero-order chi connectivity index (χ0) is 15.2. The van der Waals surface area contributed by atoms with Gasteiger partial charge in [-0.25, -0.2) is 4.39 Å². The SMILES string of the molecule is CCN1CCOC(C(=O)N(CC)Cc2cccc(F)c2)C1. The van der Waals surface area contributed by atoms with Crippen LogP contribution in [0.25, 0.3) is 0 Å². The third-order valence-electron chi connectivity index (χ3n) is 3.83. The first-order valence-electron chi connectivity index (χ1n) is 7.51. The number of amides is 1. The fourth-order valence-corrected chi connectivity index (χ4v) is 2.54. The standard InChI is InChI=1S/C16H23FN2O2/c1-3-18-8-9-21-15(12-18)16(20)19(4-2)11-13-6-5-7-14(17)10-13/h5-7,10,15H,3-4,8-9,11-12H2,1-2H3. The third kappa shape index (κ3) is 4.25. The quantitative estimate of drug-likeness (QED) is 0.831. The number of carbonyl (C=O) groups excluding carboxylic acids is 1. The van der Waals surface area contributed by atoms with Gasteiger partial charge in [-0.1, -0.05) is 19.1 Å². The van der Waals surface area contributed by atoms with E-state index in [2.05, 4.69) is 11.8 Å². The highest BCUT2D eigenvalue weighted by atomic mass is 19.1. The van der Waals surface area contributed by atoms with Crippen molar-refractivity contribution in [2.45, 2.75) is 26.5 Å². The lowest BCUT2D eigenvalue weighted by molar-refractivity contribution is -0.149. The van der Waals surface area contributed by atoms with Crippen molar-refractivity contribution < 1.29 is 13.9 Å². The number of hydrogen-bond donors (Lipinski definition) is 0. The van der Waals surface area contributed by atoms with E-state index in [1.165, 1.54) is 12.1 Å². The summed E-state index contributed by atoms with van der Waals surface area (Å²) < 4.78 is 18.8. The van der Waals surface area contributed by atoms with Crippen molar-refractivity contribution >= 4 is 5.91 Å². The predicted octanol–water partition coefficient (Wildman–Crippen LogP) is 1.89. The van der Waals surface area contributed by atoms with Crippen LogP contribution in [0.5, 0.6) is 0 Å². The lowest BCUT2D eigenvalue weighted by Crippen LogP contribution is -2.50. The fraction of sp³-hybridized carbons (Fsp3) is 0.562. The summed E-state index contributed by atoms with van der Waals surface area (Å²) in [4.78, 5) is 16.5. The Morgan fingerprint density at radius 2 is 2.29 bits per heavy atom. The van der Waals surface area contributed by atoms with Crippen LogP contribution in [0.15, 0.2) is 24.3 Å². The molecule has 1 aromatic rings. The summed E-state index contributed by atoms with van der Waals surface area (Å²) in [6.45, 7) is 8.02. The average molecular weight is 294 g/mol. The van der Waals surface area contributed by atoms with Crippen LogP contribution in [0.4, 0.5) is 4.39 Å². The molecule has 1 fully saturated rings. The van der Waals surface area contributed by atoms with Gasteiger partial charge < -0.3 is 9.64 Å². The molecule has 1 amide bonds. The molecule has 0 saturated carbocycles. The molecule has 1 aliphatic rings. The minimum Gasteiger partial charge on any atom is -0.366 e. The molecule has 0 spiro atoms. The Balaban J connectivity index is 2.01. The second kappa shape index (κ2) is 7.52. The molecular weight excluding hydrogens is 271 g/mol. The lowest BCUT2D eigenvalue weighted by Gasteiger charge is -2.34. The van der Waals surface area contributed by atoms with Crippen molar-refractivity contribution in [3.8, 4) is 0 Å². The molecule has 1 aromatic carbocycles. The van der Waals surface area contributed by atoms with E-state index in [0.717, 1.165) is 18.7 Å². The van der Waals surface area contributed by atoms with Gasteiger partial charge in [0.1, 0.15) is 11.9 Å². The van der Waals surface area contributed by atoms with E-state index in [4.69, 9.17) is 4.74 Å². The maximum absolute atomic E-state index is 13.2. The van der Waals surface area contributed by atoms with Gasteiger partial charge in [0.05, 0.1) is 6.61 Å². The molecule has 0 radical (unpaired) electrons. The lowest BCUT2D eigenvalue weighted by atomic mass is 10.1. The van der Waals surface area contributed by atoms with Crippen LogP contribution in [0.1, 0.15) is 19.4 Å². The Morgan fingerprint density at radius 1 is 1.48 bits per heavy atom. The maximum atomic E-state index is 13.2. The highest BCUT2D eigenvalue weighted by Crippen LogP contribution is 2.12. The van der Waals surface area contributed by atoms with Gasteiger partial charge in [0.15, 0.2) is 0 Å². The highest BCUT2D eigenvalue weighted by molar-refractivity contribution is 5.81. The number of halogens is 1. The van der Waals surface area contributed by atoms with E-state index in [1.807, 2.05) is 13.0 Å². The van der Waals surface area contributed by atoms with Crippen LogP contribution in [0, 0.1) is 5.82 Å². The van der Waals surface area contributed by atoms with Gasteiger partial charge in [-0.15, -0.1) is 0 Å². The predicted molar refractivity (Wildman–Crippen MR) is 79.3 cm³/mol. The maximum Gasteiger partial charge on any atom is 0.253 e. The van der Waals surface area contributed by atoms with Crippen molar-refractivity contribution in [2.24, 2.45) is 0 Å². The Bertz CT molecular complexity index is 481. The van der Waals surface area contributed by atoms with E-state index in [9.17, 15) is 9.18 Å². The molecule has 1 heterocycles. The molecule has 1 aliphatic heterocycles. The number of morpholine rings is 1. The number of benzene rings is 1. The number of nitrogens with zero attached hydrogens (tertiary/aromatic N) is 2. The summed E-state index contributed by atoms with van der Waals surface area (Å²) in [7, 11) is 0. The van der Waals surface area contributed by atoms with Gasteiger partial charge in [-0.3, -0.25) is 9.69 Å². The van der Waals surface area contributed by atoms with E-state index in [-0.39, 0.29) is 11.7 Å². The van der Waals surface area contributed by atoms with Crippen LogP contribution in [0.3, 0.4) is 0 Å². The summed E-state index contributed by atoms with van der Waals surface area (Å²) in [5.74, 6) is -0.290. The molecule has 116 valence electrons. The molecular formula is C16H23FN2O2. The van der Waals surface area contributed by atoms with E-state index in [0.29, 0.717) is 26.2 Å². The Labute approximate surface area is 125 Å². The first kappa shape index (κ1) is 15.9. The van der Waals surface area contributed by atoms with Gasteiger partial charge >= 0.3 is 0 Å². The second-order valence-electron chi connectivity index (χ2n) is 5.23. The summed E-state index contributed by atoms with van der Waals surface area (Å²) >= 11 is 0. The number of carbonyl (C=O) groups is 1. The van der Waals surface area contributed by atoms with E-state index < -0.39 is 6.10 Å². The summed E-state index contributed by atoms with van der Waals surface area (Å²) in [5.41, 5.74) is 0.799. The number of rotatable bonds is 5. The monoisotopic (exact) mass is 294 g/mol. The minimum atomic E-state index is -0.410. The van der Waals surface area contributed by atoms with Gasteiger partial charge in [0.2, 0.25) is 0 Å². The van der Waals surface area contributed by atoms with Gasteiger partial charge in [0, 0.05) is 26.2 Å². The molecule has 1 saturated heterocycles. The Hall–Kier alpha value is -1.46. The molecule has 0 bridgehead atoms. The number of ether oxygens (including phenoxy) is 1. The second-order valence-corrected chi connectivity index (χ2v) is 5.23. The molecule has 0 aliphatic carbocycles. The first-order chi connectivity index (χ1) is 10.1.